The molecule has 0 saturated carbocycles. The van der Waals surface area contributed by atoms with Gasteiger partial charge in [-0.25, -0.2) is 0 Å². The van der Waals surface area contributed by atoms with Crippen molar-refractivity contribution in [2.75, 3.05) is 40.8 Å². The number of nitrogens with zero attached hydrogens (tertiary/aromatic N) is 1. The van der Waals surface area contributed by atoms with Crippen molar-refractivity contribution in [3.05, 3.63) is 0 Å². The first-order valence-corrected chi connectivity index (χ1v) is 6.07. The number of quaternary nitrogens is 1. The highest BCUT2D eigenvalue weighted by Gasteiger charge is 2.04. The van der Waals surface area contributed by atoms with Gasteiger partial charge in [0.25, 0.3) is 0 Å². The van der Waals surface area contributed by atoms with Crippen molar-refractivity contribution < 1.29 is 4.48 Å². The van der Waals surface area contributed by atoms with Gasteiger partial charge < -0.3 is 9.80 Å². The number of rotatable bonds is 9. The maximum atomic E-state index is 3.36. The van der Waals surface area contributed by atoms with Crippen molar-refractivity contribution in [2.45, 2.75) is 39.0 Å². The predicted octanol–water partition coefficient (Wildman–Crippen LogP) is 2.25. The molecule has 0 amide bonds. The Hall–Kier alpha value is -0.0800. The van der Waals surface area contributed by atoms with E-state index in [1.54, 1.807) is 0 Å². The Morgan fingerprint density at radius 2 is 1.43 bits per heavy atom. The van der Waals surface area contributed by atoms with Crippen molar-refractivity contribution in [3.8, 4) is 0 Å². The third kappa shape index (κ3) is 11.9. The fourth-order valence-corrected chi connectivity index (χ4v) is 1.54. The maximum absolute atomic E-state index is 3.36. The van der Waals surface area contributed by atoms with E-state index in [-0.39, 0.29) is 0 Å². The van der Waals surface area contributed by atoms with E-state index in [1.165, 1.54) is 45.2 Å². The molecule has 0 fully saturated rings. The van der Waals surface area contributed by atoms with Gasteiger partial charge in [-0.1, -0.05) is 19.8 Å². The van der Waals surface area contributed by atoms with Crippen molar-refractivity contribution in [2.24, 2.45) is 0 Å². The SMILES string of the molecule is CCNCCCCCCC[N+](C)(C)C. The summed E-state index contributed by atoms with van der Waals surface area (Å²) in [7, 11) is 6.81. The second-order valence-electron chi connectivity index (χ2n) is 5.14. The lowest BCUT2D eigenvalue weighted by atomic mass is 10.1. The van der Waals surface area contributed by atoms with E-state index in [0.29, 0.717) is 0 Å². The molecule has 86 valence electrons. The average molecular weight is 201 g/mol. The zero-order valence-corrected chi connectivity index (χ0v) is 10.6. The van der Waals surface area contributed by atoms with Crippen molar-refractivity contribution >= 4 is 0 Å². The molecule has 2 heteroatoms. The van der Waals surface area contributed by atoms with Crippen LogP contribution in [-0.2, 0) is 0 Å². The van der Waals surface area contributed by atoms with Crippen LogP contribution in [0.1, 0.15) is 39.0 Å². The Labute approximate surface area is 90.3 Å². The normalized spacial score (nSPS) is 12.0. The fraction of sp³-hybridized carbons (Fsp3) is 1.00. The molecule has 0 spiro atoms. The molecule has 2 nitrogen and oxygen atoms in total. The van der Waals surface area contributed by atoms with Crippen LogP contribution in [0.2, 0.25) is 0 Å². The molecule has 0 aromatic heterocycles. The van der Waals surface area contributed by atoms with Crippen molar-refractivity contribution in [3.63, 3.8) is 0 Å². The highest BCUT2D eigenvalue weighted by molar-refractivity contribution is 4.47. The second kappa shape index (κ2) is 8.25. The summed E-state index contributed by atoms with van der Waals surface area (Å²) in [5.74, 6) is 0. The summed E-state index contributed by atoms with van der Waals surface area (Å²) in [5, 5.41) is 3.36. The average Bonchev–Trinajstić information content (AvgIpc) is 2.08. The van der Waals surface area contributed by atoms with E-state index in [9.17, 15) is 0 Å². The molecule has 0 aromatic rings. The number of unbranched alkanes of at least 4 members (excludes halogenated alkanes) is 4. The highest BCUT2D eigenvalue weighted by atomic mass is 15.3. The number of hydrogen-bond acceptors (Lipinski definition) is 1. The molecule has 0 atom stereocenters. The van der Waals surface area contributed by atoms with Crippen LogP contribution in [0.4, 0.5) is 0 Å². The monoisotopic (exact) mass is 201 g/mol. The lowest BCUT2D eigenvalue weighted by Crippen LogP contribution is -2.35. The summed E-state index contributed by atoms with van der Waals surface area (Å²) in [6, 6.07) is 0. The first-order chi connectivity index (χ1) is 6.56. The zero-order valence-electron chi connectivity index (χ0n) is 10.6. The number of nitrogens with one attached hydrogen (secondary N) is 1. The third-order valence-corrected chi connectivity index (χ3v) is 2.43. The summed E-state index contributed by atoms with van der Waals surface area (Å²) < 4.78 is 1.11. The molecular weight excluding hydrogens is 172 g/mol. The summed E-state index contributed by atoms with van der Waals surface area (Å²) in [4.78, 5) is 0. The predicted molar refractivity (Wildman–Crippen MR) is 64.5 cm³/mol. The molecule has 1 N–H and O–H groups in total. The molecule has 0 rings (SSSR count). The topological polar surface area (TPSA) is 12.0 Å². The van der Waals surface area contributed by atoms with Gasteiger partial charge >= 0.3 is 0 Å². The van der Waals surface area contributed by atoms with E-state index < -0.39 is 0 Å². The van der Waals surface area contributed by atoms with Crippen LogP contribution in [0.5, 0.6) is 0 Å². The van der Waals surface area contributed by atoms with E-state index in [1.807, 2.05) is 0 Å². The Balaban J connectivity index is 2.99. The van der Waals surface area contributed by atoms with Gasteiger partial charge in [0.1, 0.15) is 0 Å². The fourth-order valence-electron chi connectivity index (χ4n) is 1.54. The minimum absolute atomic E-state index is 1.11. The van der Waals surface area contributed by atoms with Gasteiger partial charge in [-0.05, 0) is 32.4 Å². The molecular formula is C12H29N2+. The molecule has 0 aromatic carbocycles. The molecule has 0 radical (unpaired) electrons. The summed E-state index contributed by atoms with van der Waals surface area (Å²) in [5.41, 5.74) is 0. The molecule has 0 bridgehead atoms. The van der Waals surface area contributed by atoms with Crippen LogP contribution >= 0.6 is 0 Å². The van der Waals surface area contributed by atoms with Gasteiger partial charge in [0.15, 0.2) is 0 Å². The Bertz CT molecular complexity index is 116. The quantitative estimate of drug-likeness (QED) is 0.446. The minimum Gasteiger partial charge on any atom is -0.331 e. The summed E-state index contributed by atoms with van der Waals surface area (Å²) in [6.45, 7) is 5.79. The van der Waals surface area contributed by atoms with Crippen LogP contribution < -0.4 is 5.32 Å². The summed E-state index contributed by atoms with van der Waals surface area (Å²) >= 11 is 0. The van der Waals surface area contributed by atoms with Gasteiger partial charge in [0.05, 0.1) is 27.7 Å². The van der Waals surface area contributed by atoms with E-state index >= 15 is 0 Å². The van der Waals surface area contributed by atoms with Crippen LogP contribution in [0.3, 0.4) is 0 Å². The second-order valence-corrected chi connectivity index (χ2v) is 5.14. The van der Waals surface area contributed by atoms with Crippen LogP contribution in [0.15, 0.2) is 0 Å². The van der Waals surface area contributed by atoms with E-state index in [2.05, 4.69) is 33.4 Å². The number of hydrogen-bond donors (Lipinski definition) is 1. The molecule has 0 unspecified atom stereocenters. The lowest BCUT2D eigenvalue weighted by molar-refractivity contribution is -0.870. The van der Waals surface area contributed by atoms with Crippen LogP contribution in [-0.4, -0.2) is 45.3 Å². The Morgan fingerprint density at radius 1 is 0.857 bits per heavy atom. The molecule has 14 heavy (non-hydrogen) atoms. The van der Waals surface area contributed by atoms with E-state index in [4.69, 9.17) is 0 Å². The molecule has 0 saturated heterocycles. The molecule has 0 heterocycles. The zero-order chi connectivity index (χ0) is 10.9. The lowest BCUT2D eigenvalue weighted by Gasteiger charge is -2.23. The highest BCUT2D eigenvalue weighted by Crippen LogP contribution is 2.04. The summed E-state index contributed by atoms with van der Waals surface area (Å²) in [6.07, 6.45) is 6.93. The van der Waals surface area contributed by atoms with Crippen molar-refractivity contribution in [1.29, 1.82) is 0 Å². The Morgan fingerprint density at radius 3 is 2.00 bits per heavy atom. The van der Waals surface area contributed by atoms with Gasteiger partial charge in [0, 0.05) is 0 Å². The third-order valence-electron chi connectivity index (χ3n) is 2.43. The van der Waals surface area contributed by atoms with Gasteiger partial charge in [-0.15, -0.1) is 0 Å². The molecule has 0 aliphatic carbocycles. The van der Waals surface area contributed by atoms with E-state index in [0.717, 1.165) is 11.0 Å². The van der Waals surface area contributed by atoms with Gasteiger partial charge in [-0.3, -0.25) is 0 Å². The van der Waals surface area contributed by atoms with Gasteiger partial charge in [0.2, 0.25) is 0 Å². The maximum Gasteiger partial charge on any atom is 0.0780 e. The smallest absolute Gasteiger partial charge is 0.0780 e. The first-order valence-electron chi connectivity index (χ1n) is 6.07. The van der Waals surface area contributed by atoms with Gasteiger partial charge in [-0.2, -0.15) is 0 Å². The minimum atomic E-state index is 1.11. The van der Waals surface area contributed by atoms with Crippen LogP contribution in [0.25, 0.3) is 0 Å². The first kappa shape index (κ1) is 13.9. The molecule has 0 aliphatic rings. The Kier molecular flexibility index (Phi) is 8.20. The molecule has 0 aliphatic heterocycles. The van der Waals surface area contributed by atoms with Crippen LogP contribution in [0, 0.1) is 0 Å². The standard InChI is InChI=1S/C12H29N2/c1-5-13-11-9-7-6-8-10-12-14(2,3)4/h13H,5-12H2,1-4H3/q+1. The largest absolute Gasteiger partial charge is 0.331 e. The van der Waals surface area contributed by atoms with Crippen molar-refractivity contribution in [1.82, 2.24) is 5.32 Å².